The number of hydrogen-bond donors (Lipinski definition) is 1. The topological polar surface area (TPSA) is 66.0 Å². The van der Waals surface area contributed by atoms with Crippen LogP contribution in [-0.2, 0) is 18.4 Å². The molecule has 0 bridgehead atoms. The summed E-state index contributed by atoms with van der Waals surface area (Å²) in [5, 5.41) is 4.26. The second kappa shape index (κ2) is 5.25. The molecule has 0 aliphatic carbocycles. The highest BCUT2D eigenvalue weighted by Crippen LogP contribution is 2.40. The number of rotatable bonds is 4. The van der Waals surface area contributed by atoms with Crippen LogP contribution in [0.1, 0.15) is 24.7 Å². The Kier molecular flexibility index (Phi) is 3.44. The van der Waals surface area contributed by atoms with Gasteiger partial charge in [-0.3, -0.25) is 4.68 Å². The van der Waals surface area contributed by atoms with E-state index >= 15 is 0 Å². The molecule has 0 radical (unpaired) electrons. The number of ether oxygens (including phenoxy) is 1. The van der Waals surface area contributed by atoms with E-state index in [-0.39, 0.29) is 5.41 Å². The molecule has 106 valence electrons. The lowest BCUT2D eigenvalue weighted by molar-refractivity contribution is 0.212. The molecule has 2 N–H and O–H groups in total. The zero-order valence-electron chi connectivity index (χ0n) is 11.7. The van der Waals surface area contributed by atoms with Crippen molar-refractivity contribution in [3.63, 3.8) is 0 Å². The van der Waals surface area contributed by atoms with Gasteiger partial charge in [-0.1, -0.05) is 18.2 Å². The van der Waals surface area contributed by atoms with E-state index in [1.165, 1.54) is 5.56 Å². The Morgan fingerprint density at radius 1 is 1.40 bits per heavy atom. The fraction of sp³-hybridized carbons (Fsp3) is 0.467. The van der Waals surface area contributed by atoms with Crippen molar-refractivity contribution in [1.29, 1.82) is 0 Å². The summed E-state index contributed by atoms with van der Waals surface area (Å²) in [6.45, 7) is 4.19. The highest BCUT2D eigenvalue weighted by Gasteiger charge is 2.37. The Morgan fingerprint density at radius 3 is 3.05 bits per heavy atom. The number of fused-ring (bicyclic) bond motifs is 1. The standard InChI is InChI=1S/C15H20N4O/c1-2-19-14(17-11-18-19)9-15(10-16)7-8-20-13-6-4-3-5-12(13)15/h3-6,11H,2,7-10,16H2,1H3. The fourth-order valence-electron chi connectivity index (χ4n) is 2.98. The van der Waals surface area contributed by atoms with Gasteiger partial charge in [0.25, 0.3) is 0 Å². The predicted octanol–water partition coefficient (Wildman–Crippen LogP) is 1.52. The van der Waals surface area contributed by atoms with Crippen molar-refractivity contribution in [3.8, 4) is 5.75 Å². The normalized spacial score (nSPS) is 21.3. The smallest absolute Gasteiger partial charge is 0.138 e. The van der Waals surface area contributed by atoms with Gasteiger partial charge in [0.15, 0.2) is 0 Å². The average Bonchev–Trinajstić information content (AvgIpc) is 2.94. The van der Waals surface area contributed by atoms with Gasteiger partial charge in [-0.25, -0.2) is 4.98 Å². The average molecular weight is 272 g/mol. The number of hydrogen-bond acceptors (Lipinski definition) is 4. The third-order valence-electron chi connectivity index (χ3n) is 4.18. The van der Waals surface area contributed by atoms with Gasteiger partial charge in [0, 0.05) is 30.5 Å². The van der Waals surface area contributed by atoms with Gasteiger partial charge in [-0.05, 0) is 19.4 Å². The van der Waals surface area contributed by atoms with E-state index in [1.807, 2.05) is 22.9 Å². The van der Waals surface area contributed by atoms with Crippen LogP contribution in [-0.4, -0.2) is 27.9 Å². The first-order valence-electron chi connectivity index (χ1n) is 7.08. The SMILES string of the molecule is CCn1ncnc1CC1(CN)CCOc2ccccc21. The molecule has 20 heavy (non-hydrogen) atoms. The molecule has 3 rings (SSSR count). The lowest BCUT2D eigenvalue weighted by atomic mass is 9.73. The molecule has 5 nitrogen and oxygen atoms in total. The van der Waals surface area contributed by atoms with Crippen LogP contribution in [0.5, 0.6) is 5.75 Å². The van der Waals surface area contributed by atoms with Crippen molar-refractivity contribution >= 4 is 0 Å². The van der Waals surface area contributed by atoms with Crippen LogP contribution in [0.2, 0.25) is 0 Å². The summed E-state index contributed by atoms with van der Waals surface area (Å²) in [5.41, 5.74) is 7.24. The number of benzene rings is 1. The molecular formula is C15H20N4O. The molecule has 0 saturated heterocycles. The van der Waals surface area contributed by atoms with Crippen molar-refractivity contribution < 1.29 is 4.74 Å². The highest BCUT2D eigenvalue weighted by atomic mass is 16.5. The number of nitrogens with zero attached hydrogens (tertiary/aromatic N) is 3. The minimum Gasteiger partial charge on any atom is -0.493 e. The third-order valence-corrected chi connectivity index (χ3v) is 4.18. The van der Waals surface area contributed by atoms with Crippen molar-refractivity contribution in [2.45, 2.75) is 31.7 Å². The molecule has 1 atom stereocenters. The van der Waals surface area contributed by atoms with Crippen LogP contribution in [0, 0.1) is 0 Å². The van der Waals surface area contributed by atoms with Gasteiger partial charge in [-0.2, -0.15) is 5.10 Å². The van der Waals surface area contributed by atoms with Crippen molar-refractivity contribution in [3.05, 3.63) is 42.0 Å². The van der Waals surface area contributed by atoms with E-state index in [1.54, 1.807) is 6.33 Å². The van der Waals surface area contributed by atoms with E-state index in [4.69, 9.17) is 10.5 Å². The van der Waals surface area contributed by atoms with E-state index in [0.717, 1.165) is 31.0 Å². The maximum atomic E-state index is 6.15. The summed E-state index contributed by atoms with van der Waals surface area (Å²) >= 11 is 0. The Labute approximate surface area is 118 Å². The molecule has 2 aromatic rings. The van der Waals surface area contributed by atoms with Gasteiger partial charge in [0.1, 0.15) is 17.9 Å². The summed E-state index contributed by atoms with van der Waals surface area (Å²) in [4.78, 5) is 4.40. The molecule has 1 unspecified atom stereocenters. The summed E-state index contributed by atoms with van der Waals surface area (Å²) in [6.07, 6.45) is 3.34. The zero-order valence-corrected chi connectivity index (χ0v) is 11.7. The van der Waals surface area contributed by atoms with Crippen LogP contribution < -0.4 is 10.5 Å². The highest BCUT2D eigenvalue weighted by molar-refractivity contribution is 5.42. The molecule has 0 fully saturated rings. The second-order valence-electron chi connectivity index (χ2n) is 5.25. The van der Waals surface area contributed by atoms with Gasteiger partial charge < -0.3 is 10.5 Å². The first-order valence-corrected chi connectivity index (χ1v) is 7.08. The van der Waals surface area contributed by atoms with Crippen LogP contribution in [0.4, 0.5) is 0 Å². The lowest BCUT2D eigenvalue weighted by Crippen LogP contribution is -2.42. The summed E-state index contributed by atoms with van der Waals surface area (Å²) < 4.78 is 7.70. The predicted molar refractivity (Wildman–Crippen MR) is 76.7 cm³/mol. The monoisotopic (exact) mass is 272 g/mol. The first kappa shape index (κ1) is 13.1. The molecule has 1 aromatic heterocycles. The molecule has 2 heterocycles. The van der Waals surface area contributed by atoms with Crippen LogP contribution in [0.3, 0.4) is 0 Å². The largest absolute Gasteiger partial charge is 0.493 e. The molecule has 1 aliphatic heterocycles. The quantitative estimate of drug-likeness (QED) is 0.916. The summed E-state index contributed by atoms with van der Waals surface area (Å²) in [6, 6.07) is 8.18. The van der Waals surface area contributed by atoms with Crippen molar-refractivity contribution in [1.82, 2.24) is 14.8 Å². The van der Waals surface area contributed by atoms with Gasteiger partial charge >= 0.3 is 0 Å². The second-order valence-corrected chi connectivity index (χ2v) is 5.25. The van der Waals surface area contributed by atoms with Crippen LogP contribution in [0.25, 0.3) is 0 Å². The third kappa shape index (κ3) is 2.08. The Balaban J connectivity index is 2.01. The van der Waals surface area contributed by atoms with Crippen molar-refractivity contribution in [2.24, 2.45) is 5.73 Å². The van der Waals surface area contributed by atoms with E-state index < -0.39 is 0 Å². The maximum absolute atomic E-state index is 6.15. The Hall–Kier alpha value is -1.88. The van der Waals surface area contributed by atoms with Gasteiger partial charge in [-0.15, -0.1) is 0 Å². The molecule has 0 amide bonds. The lowest BCUT2D eigenvalue weighted by Gasteiger charge is -2.37. The summed E-state index contributed by atoms with van der Waals surface area (Å²) in [7, 11) is 0. The van der Waals surface area contributed by atoms with Crippen molar-refractivity contribution in [2.75, 3.05) is 13.2 Å². The summed E-state index contributed by atoms with van der Waals surface area (Å²) in [5.74, 6) is 1.95. The van der Waals surface area contributed by atoms with Gasteiger partial charge in [0.2, 0.25) is 0 Å². The number of nitrogens with two attached hydrogens (primary N) is 1. The van der Waals surface area contributed by atoms with E-state index in [2.05, 4.69) is 23.1 Å². The zero-order chi connectivity index (χ0) is 14.0. The Bertz CT molecular complexity index is 595. The molecule has 1 aliphatic rings. The fourth-order valence-corrected chi connectivity index (χ4v) is 2.98. The molecule has 0 saturated carbocycles. The van der Waals surface area contributed by atoms with Gasteiger partial charge in [0.05, 0.1) is 6.61 Å². The van der Waals surface area contributed by atoms with Crippen LogP contribution >= 0.6 is 0 Å². The minimum absolute atomic E-state index is 0.102. The number of para-hydroxylation sites is 1. The van der Waals surface area contributed by atoms with E-state index in [9.17, 15) is 0 Å². The van der Waals surface area contributed by atoms with Crippen LogP contribution in [0.15, 0.2) is 30.6 Å². The van der Waals surface area contributed by atoms with E-state index in [0.29, 0.717) is 13.2 Å². The maximum Gasteiger partial charge on any atom is 0.138 e. The first-order chi connectivity index (χ1) is 9.79. The molecule has 1 aromatic carbocycles. The number of aromatic nitrogens is 3. The minimum atomic E-state index is -0.102. The molecular weight excluding hydrogens is 252 g/mol. The number of aryl methyl sites for hydroxylation is 1. The Morgan fingerprint density at radius 2 is 2.25 bits per heavy atom. The molecule has 0 spiro atoms. The molecule has 5 heteroatoms.